The fourth-order valence-electron chi connectivity index (χ4n) is 3.97. The van der Waals surface area contributed by atoms with Crippen molar-refractivity contribution in [3.05, 3.63) is 35.4 Å². The molecule has 144 valence electrons. The lowest BCUT2D eigenvalue weighted by molar-refractivity contribution is -0.139. The molecule has 4 nitrogen and oxygen atoms in total. The molecular formula is C19H26F3N3O. The van der Waals surface area contributed by atoms with Gasteiger partial charge in [-0.3, -0.25) is 9.69 Å². The van der Waals surface area contributed by atoms with Gasteiger partial charge < -0.3 is 10.2 Å². The lowest BCUT2D eigenvalue weighted by Crippen LogP contribution is -2.47. The van der Waals surface area contributed by atoms with Crippen molar-refractivity contribution < 1.29 is 18.0 Å². The van der Waals surface area contributed by atoms with Crippen LogP contribution in [0.15, 0.2) is 24.3 Å². The second-order valence-electron chi connectivity index (χ2n) is 7.01. The largest absolute Gasteiger partial charge is 0.416 e. The molecule has 0 saturated carbocycles. The Morgan fingerprint density at radius 2 is 1.85 bits per heavy atom. The van der Waals surface area contributed by atoms with Crippen LogP contribution in [0.25, 0.3) is 0 Å². The number of benzene rings is 1. The van der Waals surface area contributed by atoms with E-state index in [4.69, 9.17) is 0 Å². The first-order valence-electron chi connectivity index (χ1n) is 9.35. The summed E-state index contributed by atoms with van der Waals surface area (Å²) >= 11 is 0. The van der Waals surface area contributed by atoms with Crippen LogP contribution in [0.5, 0.6) is 0 Å². The highest BCUT2D eigenvalue weighted by atomic mass is 19.4. The van der Waals surface area contributed by atoms with Gasteiger partial charge in [-0.05, 0) is 31.0 Å². The quantitative estimate of drug-likeness (QED) is 0.886. The van der Waals surface area contributed by atoms with Crippen molar-refractivity contribution in [2.75, 3.05) is 39.3 Å². The summed E-state index contributed by atoms with van der Waals surface area (Å²) in [6.07, 6.45) is -1.40. The molecule has 1 N–H and O–H groups in total. The van der Waals surface area contributed by atoms with E-state index >= 15 is 0 Å². The summed E-state index contributed by atoms with van der Waals surface area (Å²) in [5.41, 5.74) is -0.209. The zero-order valence-electron chi connectivity index (χ0n) is 14.9. The lowest BCUT2D eigenvalue weighted by atomic mass is 9.91. The summed E-state index contributed by atoms with van der Waals surface area (Å²) < 4.78 is 40.2. The molecule has 2 heterocycles. The van der Waals surface area contributed by atoms with Crippen molar-refractivity contribution in [3.8, 4) is 0 Å². The third-order valence-corrected chi connectivity index (χ3v) is 5.32. The number of hydrogen-bond donors (Lipinski definition) is 1. The molecule has 0 bridgehead atoms. The first-order valence-corrected chi connectivity index (χ1v) is 9.35. The normalized spacial score (nSPS) is 22.4. The van der Waals surface area contributed by atoms with Crippen LogP contribution in [0.3, 0.4) is 0 Å². The van der Waals surface area contributed by atoms with E-state index in [2.05, 4.69) is 10.2 Å². The third-order valence-electron chi connectivity index (χ3n) is 5.32. The number of rotatable bonds is 4. The average molecular weight is 369 g/mol. The molecule has 1 unspecified atom stereocenters. The van der Waals surface area contributed by atoms with Gasteiger partial charge in [0.15, 0.2) is 0 Å². The van der Waals surface area contributed by atoms with Crippen molar-refractivity contribution in [3.63, 3.8) is 0 Å². The van der Waals surface area contributed by atoms with E-state index in [-0.39, 0.29) is 11.9 Å². The second-order valence-corrected chi connectivity index (χ2v) is 7.01. The van der Waals surface area contributed by atoms with Gasteiger partial charge in [0.1, 0.15) is 0 Å². The van der Waals surface area contributed by atoms with E-state index in [0.717, 1.165) is 38.5 Å². The predicted octanol–water partition coefficient (Wildman–Crippen LogP) is 3.05. The molecule has 2 saturated heterocycles. The summed E-state index contributed by atoms with van der Waals surface area (Å²) in [5, 5.41) is 3.21. The molecule has 26 heavy (non-hydrogen) atoms. The molecule has 2 aliphatic rings. The van der Waals surface area contributed by atoms with E-state index < -0.39 is 11.7 Å². The van der Waals surface area contributed by atoms with Crippen LogP contribution < -0.4 is 5.32 Å². The van der Waals surface area contributed by atoms with Gasteiger partial charge in [0.2, 0.25) is 5.91 Å². The standard InChI is InChI=1S/C19H26F3N3O/c20-19(21,22)16-6-2-1-5-15(16)17-7-3-4-11-24(17)12-8-18(26)25-13-9-23-10-14-25/h1-2,5-6,17,23H,3-4,7-14H2. The molecule has 1 aromatic rings. The van der Waals surface area contributed by atoms with Gasteiger partial charge in [0.25, 0.3) is 0 Å². The highest BCUT2D eigenvalue weighted by molar-refractivity contribution is 5.76. The number of halogens is 3. The SMILES string of the molecule is O=C(CCN1CCCCC1c1ccccc1C(F)(F)F)N1CCNCC1. The fraction of sp³-hybridized carbons (Fsp3) is 0.632. The van der Waals surface area contributed by atoms with E-state index in [9.17, 15) is 18.0 Å². The van der Waals surface area contributed by atoms with Gasteiger partial charge in [0, 0.05) is 45.2 Å². The van der Waals surface area contributed by atoms with Crippen molar-refractivity contribution in [2.24, 2.45) is 0 Å². The van der Waals surface area contributed by atoms with Crippen LogP contribution in [-0.4, -0.2) is 55.0 Å². The molecule has 0 aliphatic carbocycles. The number of piperazine rings is 1. The Bertz CT molecular complexity index is 614. The molecule has 0 aromatic heterocycles. The van der Waals surface area contributed by atoms with Gasteiger partial charge in [-0.25, -0.2) is 0 Å². The maximum Gasteiger partial charge on any atom is 0.416 e. The Labute approximate surface area is 152 Å². The number of carbonyl (C=O) groups is 1. The molecule has 1 atom stereocenters. The number of hydrogen-bond acceptors (Lipinski definition) is 3. The minimum atomic E-state index is -4.35. The highest BCUT2D eigenvalue weighted by Gasteiger charge is 2.37. The van der Waals surface area contributed by atoms with E-state index in [1.165, 1.54) is 6.07 Å². The number of piperidine rings is 1. The molecule has 1 amide bonds. The molecular weight excluding hydrogens is 343 g/mol. The van der Waals surface area contributed by atoms with Crippen LogP contribution in [0.1, 0.15) is 42.9 Å². The maximum absolute atomic E-state index is 13.4. The molecule has 7 heteroatoms. The highest BCUT2D eigenvalue weighted by Crippen LogP contribution is 2.39. The van der Waals surface area contributed by atoms with Gasteiger partial charge in [-0.15, -0.1) is 0 Å². The van der Waals surface area contributed by atoms with Crippen molar-refractivity contribution >= 4 is 5.91 Å². The zero-order valence-corrected chi connectivity index (χ0v) is 14.9. The smallest absolute Gasteiger partial charge is 0.340 e. The summed E-state index contributed by atoms with van der Waals surface area (Å²) in [4.78, 5) is 16.3. The van der Waals surface area contributed by atoms with E-state index in [0.29, 0.717) is 38.0 Å². The Balaban J connectivity index is 1.70. The predicted molar refractivity (Wildman–Crippen MR) is 93.7 cm³/mol. The summed E-state index contributed by atoms with van der Waals surface area (Å²) in [5.74, 6) is 0.0972. The monoisotopic (exact) mass is 369 g/mol. The van der Waals surface area contributed by atoms with Gasteiger partial charge in [-0.1, -0.05) is 24.6 Å². The van der Waals surface area contributed by atoms with Crippen molar-refractivity contribution in [1.82, 2.24) is 15.1 Å². The van der Waals surface area contributed by atoms with Gasteiger partial charge in [0.05, 0.1) is 5.56 Å². The van der Waals surface area contributed by atoms with Crippen molar-refractivity contribution in [2.45, 2.75) is 37.9 Å². The zero-order chi connectivity index (χ0) is 18.6. The van der Waals surface area contributed by atoms with E-state index in [1.54, 1.807) is 12.1 Å². The van der Waals surface area contributed by atoms with Crippen LogP contribution in [0.4, 0.5) is 13.2 Å². The number of amides is 1. The van der Waals surface area contributed by atoms with Crippen LogP contribution >= 0.6 is 0 Å². The van der Waals surface area contributed by atoms with Crippen LogP contribution in [-0.2, 0) is 11.0 Å². The molecule has 3 rings (SSSR count). The fourth-order valence-corrected chi connectivity index (χ4v) is 3.97. The Hall–Kier alpha value is -1.60. The van der Waals surface area contributed by atoms with Crippen LogP contribution in [0.2, 0.25) is 0 Å². The minimum absolute atomic E-state index is 0.0972. The van der Waals surface area contributed by atoms with Crippen molar-refractivity contribution in [1.29, 1.82) is 0 Å². The first-order chi connectivity index (χ1) is 12.5. The third kappa shape index (κ3) is 4.57. The maximum atomic E-state index is 13.4. The van der Waals surface area contributed by atoms with Gasteiger partial charge >= 0.3 is 6.18 Å². The molecule has 2 aliphatic heterocycles. The first kappa shape index (κ1) is 19.2. The lowest BCUT2D eigenvalue weighted by Gasteiger charge is -2.37. The Kier molecular flexibility index (Phi) is 6.19. The number of nitrogens with one attached hydrogen (secondary N) is 1. The molecule has 2 fully saturated rings. The van der Waals surface area contributed by atoms with E-state index in [1.807, 2.05) is 4.90 Å². The topological polar surface area (TPSA) is 35.6 Å². The Morgan fingerprint density at radius 3 is 2.58 bits per heavy atom. The summed E-state index contributed by atoms with van der Waals surface area (Å²) in [7, 11) is 0. The number of nitrogens with zero attached hydrogens (tertiary/aromatic N) is 2. The molecule has 1 aromatic carbocycles. The summed E-state index contributed by atoms with van der Waals surface area (Å²) in [6.45, 7) is 4.28. The van der Waals surface area contributed by atoms with Gasteiger partial charge in [-0.2, -0.15) is 13.2 Å². The second kappa shape index (κ2) is 8.39. The Morgan fingerprint density at radius 1 is 1.12 bits per heavy atom. The molecule has 0 radical (unpaired) electrons. The average Bonchev–Trinajstić information content (AvgIpc) is 2.66. The number of carbonyl (C=O) groups excluding carboxylic acids is 1. The molecule has 0 spiro atoms. The number of alkyl halides is 3. The minimum Gasteiger partial charge on any atom is -0.340 e. The van der Waals surface area contributed by atoms with Crippen LogP contribution in [0, 0.1) is 0 Å². The summed E-state index contributed by atoms with van der Waals surface area (Å²) in [6, 6.07) is 5.59. The number of likely N-dealkylation sites (tertiary alicyclic amines) is 1.